The Balaban J connectivity index is 1.63. The summed E-state index contributed by atoms with van der Waals surface area (Å²) in [6.45, 7) is 2.48. The van der Waals surface area contributed by atoms with Gasteiger partial charge in [0.05, 0.1) is 19.3 Å². The number of hydrogen-bond acceptors (Lipinski definition) is 4. The highest BCUT2D eigenvalue weighted by atomic mass is 16.7. The van der Waals surface area contributed by atoms with E-state index in [1.165, 1.54) is 16.7 Å². The van der Waals surface area contributed by atoms with Gasteiger partial charge in [0.1, 0.15) is 0 Å². The molecule has 4 nitrogen and oxygen atoms in total. The number of fused-ring (bicyclic) bond motifs is 2. The van der Waals surface area contributed by atoms with Crippen molar-refractivity contribution in [3.63, 3.8) is 0 Å². The molecule has 0 aliphatic carbocycles. The second-order valence-corrected chi connectivity index (χ2v) is 7.20. The summed E-state index contributed by atoms with van der Waals surface area (Å²) in [7, 11) is 3.37. The Kier molecular flexibility index (Phi) is 5.69. The average Bonchev–Trinajstić information content (AvgIpc) is 2.70. The molecular weight excluding hydrogens is 338 g/mol. The maximum absolute atomic E-state index is 5.87. The zero-order valence-electron chi connectivity index (χ0n) is 16.0. The highest BCUT2D eigenvalue weighted by Crippen LogP contribution is 2.36. The molecule has 2 heterocycles. The maximum atomic E-state index is 5.87. The summed E-state index contributed by atoms with van der Waals surface area (Å²) in [4.78, 5) is 2.58. The van der Waals surface area contributed by atoms with Crippen LogP contribution in [0.2, 0.25) is 0 Å². The van der Waals surface area contributed by atoms with E-state index in [4.69, 9.17) is 14.2 Å². The lowest BCUT2D eigenvalue weighted by Crippen LogP contribution is -2.53. The first-order valence-electron chi connectivity index (χ1n) is 9.53. The molecule has 2 aromatic rings. The topological polar surface area (TPSA) is 30.9 Å². The van der Waals surface area contributed by atoms with Gasteiger partial charge in [0.15, 0.2) is 6.29 Å². The fraction of sp³-hybridized carbons (Fsp3) is 0.391. The van der Waals surface area contributed by atoms with Crippen LogP contribution in [0.1, 0.15) is 29.4 Å². The van der Waals surface area contributed by atoms with Gasteiger partial charge in [-0.3, -0.25) is 4.90 Å². The predicted molar refractivity (Wildman–Crippen MR) is 106 cm³/mol. The monoisotopic (exact) mass is 365 g/mol. The summed E-state index contributed by atoms with van der Waals surface area (Å²) in [6.07, 6.45) is 3.00. The summed E-state index contributed by atoms with van der Waals surface area (Å²) in [5, 5.41) is 0. The molecule has 2 unspecified atom stereocenters. The highest BCUT2D eigenvalue weighted by molar-refractivity contribution is 5.70. The molecule has 142 valence electrons. The third-order valence-corrected chi connectivity index (χ3v) is 5.54. The summed E-state index contributed by atoms with van der Waals surface area (Å²) in [5.74, 6) is 0. The van der Waals surface area contributed by atoms with Crippen molar-refractivity contribution in [1.29, 1.82) is 0 Å². The molecule has 2 bridgehead atoms. The number of ether oxygens (including phenoxy) is 3. The number of hydrogen-bond donors (Lipinski definition) is 0. The molecule has 27 heavy (non-hydrogen) atoms. The normalized spacial score (nSPS) is 22.7. The molecule has 1 fully saturated rings. The molecule has 2 atom stereocenters. The SMILES string of the molecule is COC(OC)c1ccccc1C1=CC2COCC(C1)N2Cc1ccccc1. The van der Waals surface area contributed by atoms with Crippen molar-refractivity contribution in [3.8, 4) is 0 Å². The summed E-state index contributed by atoms with van der Waals surface area (Å²) >= 11 is 0. The first-order valence-corrected chi connectivity index (χ1v) is 9.53. The standard InChI is InChI=1S/C23H27NO3/c1-25-23(26-2)22-11-7-6-10-21(22)18-12-19-15-27-16-20(13-18)24(19)14-17-8-4-3-5-9-17/h3-12,19-20,23H,13-16H2,1-2H3. The third kappa shape index (κ3) is 3.85. The Morgan fingerprint density at radius 2 is 1.74 bits per heavy atom. The summed E-state index contributed by atoms with van der Waals surface area (Å²) in [6, 6.07) is 19.8. The Hall–Kier alpha value is -1.98. The molecule has 1 saturated heterocycles. The Bertz CT molecular complexity index is 785. The zero-order valence-corrected chi connectivity index (χ0v) is 16.0. The fourth-order valence-electron chi connectivity index (χ4n) is 4.25. The Morgan fingerprint density at radius 1 is 1.00 bits per heavy atom. The van der Waals surface area contributed by atoms with Crippen LogP contribution in [0, 0.1) is 0 Å². The van der Waals surface area contributed by atoms with E-state index in [1.807, 2.05) is 6.07 Å². The van der Waals surface area contributed by atoms with Crippen LogP contribution in [-0.4, -0.2) is 44.4 Å². The van der Waals surface area contributed by atoms with Gasteiger partial charge in [-0.05, 0) is 23.1 Å². The molecule has 2 aliphatic rings. The number of morpholine rings is 1. The molecule has 0 aromatic heterocycles. The average molecular weight is 365 g/mol. The van der Waals surface area contributed by atoms with Crippen molar-refractivity contribution < 1.29 is 14.2 Å². The van der Waals surface area contributed by atoms with E-state index in [2.05, 4.69) is 59.5 Å². The molecule has 0 radical (unpaired) electrons. The van der Waals surface area contributed by atoms with Crippen molar-refractivity contribution in [3.05, 3.63) is 77.4 Å². The van der Waals surface area contributed by atoms with Gasteiger partial charge in [0.2, 0.25) is 0 Å². The number of methoxy groups -OCH3 is 2. The lowest BCUT2D eigenvalue weighted by molar-refractivity contribution is -0.106. The first-order chi connectivity index (χ1) is 13.3. The molecule has 0 amide bonds. The number of rotatable bonds is 6. The third-order valence-electron chi connectivity index (χ3n) is 5.54. The van der Waals surface area contributed by atoms with Gasteiger partial charge in [-0.1, -0.05) is 60.7 Å². The molecule has 0 spiro atoms. The minimum Gasteiger partial charge on any atom is -0.378 e. The van der Waals surface area contributed by atoms with Crippen molar-refractivity contribution in [2.45, 2.75) is 31.3 Å². The van der Waals surface area contributed by atoms with Gasteiger partial charge in [0.25, 0.3) is 0 Å². The van der Waals surface area contributed by atoms with Crippen LogP contribution in [0.3, 0.4) is 0 Å². The minimum absolute atomic E-state index is 0.296. The van der Waals surface area contributed by atoms with Crippen LogP contribution in [0.15, 0.2) is 60.7 Å². The van der Waals surface area contributed by atoms with Gasteiger partial charge in [-0.15, -0.1) is 0 Å². The smallest absolute Gasteiger partial charge is 0.183 e. The van der Waals surface area contributed by atoms with Crippen LogP contribution >= 0.6 is 0 Å². The van der Waals surface area contributed by atoms with Crippen molar-refractivity contribution >= 4 is 5.57 Å². The molecule has 4 rings (SSSR count). The lowest BCUT2D eigenvalue weighted by Gasteiger charge is -2.45. The van der Waals surface area contributed by atoms with Crippen LogP contribution < -0.4 is 0 Å². The van der Waals surface area contributed by atoms with Gasteiger partial charge >= 0.3 is 0 Å². The Morgan fingerprint density at radius 3 is 2.48 bits per heavy atom. The minimum atomic E-state index is -0.347. The second kappa shape index (κ2) is 8.36. The lowest BCUT2D eigenvalue weighted by atomic mass is 9.87. The van der Waals surface area contributed by atoms with Crippen LogP contribution in [0.5, 0.6) is 0 Å². The molecular formula is C23H27NO3. The van der Waals surface area contributed by atoms with Crippen LogP contribution in [0.25, 0.3) is 5.57 Å². The van der Waals surface area contributed by atoms with E-state index in [9.17, 15) is 0 Å². The fourth-order valence-corrected chi connectivity index (χ4v) is 4.25. The van der Waals surface area contributed by atoms with Gasteiger partial charge in [-0.2, -0.15) is 0 Å². The molecule has 0 saturated carbocycles. The van der Waals surface area contributed by atoms with E-state index < -0.39 is 0 Å². The number of nitrogens with zero attached hydrogens (tertiary/aromatic N) is 1. The van der Waals surface area contributed by atoms with Crippen LogP contribution in [-0.2, 0) is 20.8 Å². The van der Waals surface area contributed by atoms with Gasteiger partial charge in [0, 0.05) is 32.4 Å². The quantitative estimate of drug-likeness (QED) is 0.723. The Labute approximate surface area is 161 Å². The summed E-state index contributed by atoms with van der Waals surface area (Å²) in [5.41, 5.74) is 5.03. The maximum Gasteiger partial charge on any atom is 0.183 e. The van der Waals surface area contributed by atoms with Gasteiger partial charge in [-0.25, -0.2) is 0 Å². The van der Waals surface area contributed by atoms with Crippen molar-refractivity contribution in [2.75, 3.05) is 27.4 Å². The van der Waals surface area contributed by atoms with E-state index in [0.29, 0.717) is 12.1 Å². The molecule has 2 aliphatic heterocycles. The predicted octanol–water partition coefficient (Wildman–Crippen LogP) is 4.03. The van der Waals surface area contributed by atoms with E-state index in [-0.39, 0.29) is 6.29 Å². The van der Waals surface area contributed by atoms with Crippen molar-refractivity contribution in [2.24, 2.45) is 0 Å². The zero-order chi connectivity index (χ0) is 18.6. The second-order valence-electron chi connectivity index (χ2n) is 7.20. The molecule has 0 N–H and O–H groups in total. The van der Waals surface area contributed by atoms with Crippen LogP contribution in [0.4, 0.5) is 0 Å². The van der Waals surface area contributed by atoms with E-state index in [1.54, 1.807) is 14.2 Å². The summed E-state index contributed by atoms with van der Waals surface area (Å²) < 4.78 is 16.9. The molecule has 4 heteroatoms. The van der Waals surface area contributed by atoms with Gasteiger partial charge < -0.3 is 14.2 Å². The number of benzene rings is 2. The van der Waals surface area contributed by atoms with E-state index >= 15 is 0 Å². The van der Waals surface area contributed by atoms with Crippen molar-refractivity contribution in [1.82, 2.24) is 4.90 Å². The highest BCUT2D eigenvalue weighted by Gasteiger charge is 2.35. The first kappa shape index (κ1) is 18.4. The van der Waals surface area contributed by atoms with E-state index in [0.717, 1.165) is 31.7 Å². The molecule has 2 aromatic carbocycles. The largest absolute Gasteiger partial charge is 0.378 e.